The van der Waals surface area contributed by atoms with Gasteiger partial charge in [-0.25, -0.2) is 14.7 Å². The predicted molar refractivity (Wildman–Crippen MR) is 85.0 cm³/mol. The molecule has 2 bridgehead atoms. The average molecular weight is 340 g/mol. The fourth-order valence-electron chi connectivity index (χ4n) is 4.07. The molecule has 3 heterocycles. The van der Waals surface area contributed by atoms with Gasteiger partial charge < -0.3 is 0 Å². The lowest BCUT2D eigenvalue weighted by molar-refractivity contribution is -0.172. The van der Waals surface area contributed by atoms with Gasteiger partial charge in [0.2, 0.25) is 0 Å². The van der Waals surface area contributed by atoms with E-state index < -0.39 is 6.09 Å². The molecule has 2 fully saturated rings. The van der Waals surface area contributed by atoms with Crippen molar-refractivity contribution in [1.29, 1.82) is 0 Å². The number of hydrogen-bond acceptors (Lipinski definition) is 5. The normalized spacial score (nSPS) is 27.0. The molecular formula is C16H22ClN3O3. The maximum atomic E-state index is 12.7. The van der Waals surface area contributed by atoms with Crippen molar-refractivity contribution in [1.82, 2.24) is 14.9 Å². The number of carbonyl (C=O) groups excluding carboxylic acids is 1. The summed E-state index contributed by atoms with van der Waals surface area (Å²) in [6.07, 6.45) is 6.01. The van der Waals surface area contributed by atoms with Gasteiger partial charge in [0.15, 0.2) is 0 Å². The molecule has 2 unspecified atom stereocenters. The Balaban J connectivity index is 1.75. The zero-order chi connectivity index (χ0) is 16.7. The Kier molecular flexibility index (Phi) is 4.12. The molecule has 6 nitrogen and oxygen atoms in total. The van der Waals surface area contributed by atoms with Gasteiger partial charge in [0, 0.05) is 12.1 Å². The van der Waals surface area contributed by atoms with Gasteiger partial charge in [-0.15, -0.1) is 0 Å². The lowest BCUT2D eigenvalue weighted by Gasteiger charge is -2.51. The highest BCUT2D eigenvalue weighted by Crippen LogP contribution is 2.53. The van der Waals surface area contributed by atoms with Crippen LogP contribution in [0, 0.1) is 5.41 Å². The molecule has 0 radical (unpaired) electrons. The van der Waals surface area contributed by atoms with Crippen LogP contribution in [0.1, 0.15) is 52.9 Å². The molecule has 0 spiro atoms. The van der Waals surface area contributed by atoms with E-state index in [1.54, 1.807) is 0 Å². The van der Waals surface area contributed by atoms with Crippen LogP contribution in [-0.2, 0) is 4.89 Å². The second-order valence-corrected chi connectivity index (χ2v) is 7.74. The van der Waals surface area contributed by atoms with Gasteiger partial charge in [0.25, 0.3) is 5.88 Å². The standard InChI is InChI=1S/C16H22ClN3O3/c1-15(2,3)16-7-4-5-11(6-8-16)20(16)14(21)23-22-13-9-12(17)18-10-19-13/h9-11H,4-8H2,1-3H3. The largest absolute Gasteiger partial charge is 0.453 e. The maximum Gasteiger partial charge on any atom is 0.453 e. The molecule has 1 amide bonds. The van der Waals surface area contributed by atoms with Crippen LogP contribution in [0.25, 0.3) is 0 Å². The minimum atomic E-state index is -0.447. The molecule has 1 aromatic heterocycles. The highest BCUT2D eigenvalue weighted by atomic mass is 35.5. The topological polar surface area (TPSA) is 64.6 Å². The molecule has 7 heteroatoms. The highest BCUT2D eigenvalue weighted by Gasteiger charge is 2.57. The second kappa shape index (κ2) is 5.82. The Morgan fingerprint density at radius 3 is 2.83 bits per heavy atom. The number of nitrogens with zero attached hydrogens (tertiary/aromatic N) is 3. The highest BCUT2D eigenvalue weighted by molar-refractivity contribution is 6.29. The van der Waals surface area contributed by atoms with Crippen LogP contribution in [-0.4, -0.2) is 32.5 Å². The number of amides is 1. The molecule has 0 N–H and O–H groups in total. The van der Waals surface area contributed by atoms with E-state index >= 15 is 0 Å². The molecular weight excluding hydrogens is 318 g/mol. The third-order valence-corrected chi connectivity index (χ3v) is 5.45. The summed E-state index contributed by atoms with van der Waals surface area (Å²) in [4.78, 5) is 32.3. The molecule has 126 valence electrons. The number of piperidine rings is 1. The summed E-state index contributed by atoms with van der Waals surface area (Å²) in [6.45, 7) is 6.56. The predicted octanol–water partition coefficient (Wildman–Crippen LogP) is 3.99. The van der Waals surface area contributed by atoms with Crippen LogP contribution >= 0.6 is 11.6 Å². The number of rotatable bonds is 2. The van der Waals surface area contributed by atoms with Gasteiger partial charge in [-0.3, -0.25) is 9.79 Å². The summed E-state index contributed by atoms with van der Waals surface area (Å²) in [5.41, 5.74) is -0.181. The van der Waals surface area contributed by atoms with E-state index in [-0.39, 0.29) is 28.0 Å². The summed E-state index contributed by atoms with van der Waals surface area (Å²) >= 11 is 5.77. The van der Waals surface area contributed by atoms with Gasteiger partial charge >= 0.3 is 6.09 Å². The molecule has 2 atom stereocenters. The number of halogens is 1. The van der Waals surface area contributed by atoms with Gasteiger partial charge in [-0.05, 0) is 37.5 Å². The maximum absolute atomic E-state index is 12.7. The fourth-order valence-corrected chi connectivity index (χ4v) is 4.21. The number of hydrogen-bond donors (Lipinski definition) is 0. The number of aromatic nitrogens is 2. The fraction of sp³-hybridized carbons (Fsp3) is 0.688. The molecule has 2 saturated heterocycles. The van der Waals surface area contributed by atoms with Crippen LogP contribution in [0.2, 0.25) is 5.15 Å². The lowest BCUT2D eigenvalue weighted by Crippen LogP contribution is -2.60. The minimum Gasteiger partial charge on any atom is -0.296 e. The second-order valence-electron chi connectivity index (χ2n) is 7.35. The summed E-state index contributed by atoms with van der Waals surface area (Å²) in [6, 6.07) is 1.63. The Bertz CT molecular complexity index is 600. The average Bonchev–Trinajstić information content (AvgIpc) is 2.72. The zero-order valence-corrected chi connectivity index (χ0v) is 14.5. The van der Waals surface area contributed by atoms with Crippen LogP contribution in [0.5, 0.6) is 5.88 Å². The van der Waals surface area contributed by atoms with E-state index in [1.807, 2.05) is 4.90 Å². The van der Waals surface area contributed by atoms with Crippen LogP contribution < -0.4 is 4.89 Å². The third kappa shape index (κ3) is 2.84. The van der Waals surface area contributed by atoms with E-state index in [2.05, 4.69) is 30.7 Å². The van der Waals surface area contributed by atoms with Crippen LogP contribution in [0.3, 0.4) is 0 Å². The van der Waals surface area contributed by atoms with E-state index in [0.29, 0.717) is 0 Å². The van der Waals surface area contributed by atoms with Gasteiger partial charge in [0.1, 0.15) is 11.5 Å². The van der Waals surface area contributed by atoms with Crippen molar-refractivity contribution < 1.29 is 14.6 Å². The van der Waals surface area contributed by atoms with E-state index in [4.69, 9.17) is 21.4 Å². The summed E-state index contributed by atoms with van der Waals surface area (Å²) in [5, 5.41) is 0.232. The Labute approximate surface area is 141 Å². The van der Waals surface area contributed by atoms with Crippen molar-refractivity contribution in [3.05, 3.63) is 17.5 Å². The van der Waals surface area contributed by atoms with Crippen molar-refractivity contribution in [3.8, 4) is 5.88 Å². The summed E-state index contributed by atoms with van der Waals surface area (Å²) in [7, 11) is 0. The molecule has 0 saturated carbocycles. The molecule has 23 heavy (non-hydrogen) atoms. The van der Waals surface area contributed by atoms with Crippen molar-refractivity contribution in [2.45, 2.75) is 64.5 Å². The van der Waals surface area contributed by atoms with Crippen molar-refractivity contribution in [2.24, 2.45) is 5.41 Å². The monoisotopic (exact) mass is 339 g/mol. The first-order valence-corrected chi connectivity index (χ1v) is 8.37. The molecule has 3 rings (SSSR count). The Morgan fingerprint density at radius 1 is 1.35 bits per heavy atom. The van der Waals surface area contributed by atoms with E-state index in [9.17, 15) is 4.79 Å². The molecule has 2 aliphatic rings. The van der Waals surface area contributed by atoms with Crippen LogP contribution in [0.4, 0.5) is 4.79 Å². The van der Waals surface area contributed by atoms with Gasteiger partial charge in [-0.1, -0.05) is 32.4 Å². The van der Waals surface area contributed by atoms with Crippen LogP contribution in [0.15, 0.2) is 12.4 Å². The Hall–Kier alpha value is -1.56. The third-order valence-electron chi connectivity index (χ3n) is 5.24. The lowest BCUT2D eigenvalue weighted by atomic mass is 9.68. The van der Waals surface area contributed by atoms with Crippen molar-refractivity contribution in [2.75, 3.05) is 0 Å². The Morgan fingerprint density at radius 2 is 2.13 bits per heavy atom. The molecule has 0 aromatic carbocycles. The quantitative estimate of drug-likeness (QED) is 0.463. The molecule has 1 aromatic rings. The first-order valence-electron chi connectivity index (χ1n) is 7.99. The summed E-state index contributed by atoms with van der Waals surface area (Å²) < 4.78 is 0. The number of fused-ring (bicyclic) bond motifs is 2. The van der Waals surface area contributed by atoms with Gasteiger partial charge in [0.05, 0.1) is 5.54 Å². The first-order chi connectivity index (χ1) is 10.8. The van der Waals surface area contributed by atoms with Crippen molar-refractivity contribution >= 4 is 17.7 Å². The van der Waals surface area contributed by atoms with Gasteiger partial charge in [-0.2, -0.15) is 4.98 Å². The van der Waals surface area contributed by atoms with E-state index in [1.165, 1.54) is 12.4 Å². The molecule has 0 aliphatic carbocycles. The summed E-state index contributed by atoms with van der Waals surface area (Å²) in [5.74, 6) is 0.118. The zero-order valence-electron chi connectivity index (χ0n) is 13.7. The number of carbonyl (C=O) groups is 1. The smallest absolute Gasteiger partial charge is 0.296 e. The molecule has 2 aliphatic heterocycles. The SMILES string of the molecule is CC(C)(C)C12CCCC(CC1)N2C(=O)OOc1cc(Cl)ncn1. The first kappa shape index (κ1) is 16.3. The minimum absolute atomic E-state index is 0.0145. The van der Waals surface area contributed by atoms with E-state index in [0.717, 1.165) is 32.1 Å². The van der Waals surface area contributed by atoms with Crippen molar-refractivity contribution in [3.63, 3.8) is 0 Å².